The first-order valence-corrected chi connectivity index (χ1v) is 10.2. The fourth-order valence-electron chi connectivity index (χ4n) is 3.20. The number of nitrogens with zero attached hydrogens (tertiary/aromatic N) is 2. The van der Waals surface area contributed by atoms with Crippen LogP contribution in [-0.2, 0) is 22.6 Å². The van der Waals surface area contributed by atoms with Crippen molar-refractivity contribution in [3.8, 4) is 0 Å². The van der Waals surface area contributed by atoms with E-state index in [4.69, 9.17) is 9.47 Å². The second kappa shape index (κ2) is 16.0. The summed E-state index contributed by atoms with van der Waals surface area (Å²) in [7, 11) is 1.82. The zero-order valence-corrected chi connectivity index (χ0v) is 19.7. The quantitative estimate of drug-likeness (QED) is 0.210. The zero-order chi connectivity index (χ0) is 19.2. The molecule has 2 N–H and O–H groups in total. The van der Waals surface area contributed by atoms with Crippen LogP contribution in [0.5, 0.6) is 0 Å². The van der Waals surface area contributed by atoms with E-state index >= 15 is 0 Å². The molecule has 0 saturated carbocycles. The molecule has 0 spiro atoms. The molecule has 0 atom stereocenters. The smallest absolute Gasteiger partial charge is 0.191 e. The Morgan fingerprint density at radius 3 is 2.57 bits per heavy atom. The molecule has 2 rings (SSSR count). The van der Waals surface area contributed by atoms with Crippen molar-refractivity contribution in [2.75, 3.05) is 53.0 Å². The Bertz CT molecular complexity index is 551. The lowest BCUT2D eigenvalue weighted by molar-refractivity contribution is 0.0453. The van der Waals surface area contributed by atoms with Crippen molar-refractivity contribution in [1.82, 2.24) is 15.5 Å². The minimum absolute atomic E-state index is 0. The van der Waals surface area contributed by atoms with Gasteiger partial charge in [-0.25, -0.2) is 0 Å². The van der Waals surface area contributed by atoms with Gasteiger partial charge in [0.15, 0.2) is 5.96 Å². The number of piperidine rings is 1. The Kier molecular flexibility index (Phi) is 14.3. The third-order valence-electron chi connectivity index (χ3n) is 4.69. The van der Waals surface area contributed by atoms with Crippen molar-refractivity contribution in [3.63, 3.8) is 0 Å². The van der Waals surface area contributed by atoms with Crippen molar-refractivity contribution in [3.05, 3.63) is 35.4 Å². The molecule has 6 nitrogen and oxygen atoms in total. The lowest BCUT2D eigenvalue weighted by atomic mass is 10.1. The summed E-state index contributed by atoms with van der Waals surface area (Å²) in [5.74, 6) is 0.852. The summed E-state index contributed by atoms with van der Waals surface area (Å²) in [6, 6.07) is 8.47. The molecule has 28 heavy (non-hydrogen) atoms. The van der Waals surface area contributed by atoms with Gasteiger partial charge in [-0.05, 0) is 44.0 Å². The maximum Gasteiger partial charge on any atom is 0.191 e. The van der Waals surface area contributed by atoms with E-state index in [0.29, 0.717) is 19.8 Å². The normalized spacial score (nSPS) is 15.1. The fourth-order valence-corrected chi connectivity index (χ4v) is 3.20. The lowest BCUT2D eigenvalue weighted by Crippen LogP contribution is -2.42. The van der Waals surface area contributed by atoms with Gasteiger partial charge in [0.2, 0.25) is 0 Å². The molecule has 0 bridgehead atoms. The van der Waals surface area contributed by atoms with Crippen LogP contribution in [-0.4, -0.2) is 63.9 Å². The third-order valence-corrected chi connectivity index (χ3v) is 4.69. The summed E-state index contributed by atoms with van der Waals surface area (Å²) < 4.78 is 10.9. The number of halogens is 1. The number of likely N-dealkylation sites (tertiary alicyclic amines) is 1. The van der Waals surface area contributed by atoms with Gasteiger partial charge in [0.25, 0.3) is 0 Å². The molecular weight excluding hydrogens is 467 g/mol. The van der Waals surface area contributed by atoms with Crippen molar-refractivity contribution in [2.24, 2.45) is 4.99 Å². The van der Waals surface area contributed by atoms with Crippen LogP contribution in [0.3, 0.4) is 0 Å². The van der Waals surface area contributed by atoms with Crippen LogP contribution >= 0.6 is 24.0 Å². The Labute approximate surface area is 187 Å². The lowest BCUT2D eigenvalue weighted by Gasteiger charge is -2.26. The van der Waals surface area contributed by atoms with Crippen LogP contribution < -0.4 is 10.6 Å². The second-order valence-corrected chi connectivity index (χ2v) is 6.82. The number of hydrogen-bond donors (Lipinski definition) is 2. The molecule has 1 aromatic rings. The van der Waals surface area contributed by atoms with Gasteiger partial charge in [-0.1, -0.05) is 30.7 Å². The summed E-state index contributed by atoms with van der Waals surface area (Å²) in [4.78, 5) is 6.85. The van der Waals surface area contributed by atoms with Gasteiger partial charge in [0.05, 0.1) is 19.8 Å². The highest BCUT2D eigenvalue weighted by molar-refractivity contribution is 14.0. The average Bonchev–Trinajstić information content (AvgIpc) is 2.71. The van der Waals surface area contributed by atoms with E-state index in [1.165, 1.54) is 43.5 Å². The molecule has 0 radical (unpaired) electrons. The van der Waals surface area contributed by atoms with Gasteiger partial charge in [-0.2, -0.15) is 0 Å². The van der Waals surface area contributed by atoms with Crippen LogP contribution in [0.2, 0.25) is 0 Å². The molecule has 160 valence electrons. The third kappa shape index (κ3) is 10.6. The Morgan fingerprint density at radius 1 is 1.07 bits per heavy atom. The molecule has 1 saturated heterocycles. The summed E-state index contributed by atoms with van der Waals surface area (Å²) in [6.45, 7) is 9.83. The molecule has 0 aromatic heterocycles. The zero-order valence-electron chi connectivity index (χ0n) is 17.4. The van der Waals surface area contributed by atoms with Gasteiger partial charge in [0.1, 0.15) is 0 Å². The van der Waals surface area contributed by atoms with Crippen molar-refractivity contribution in [2.45, 2.75) is 39.3 Å². The van der Waals surface area contributed by atoms with Crippen LogP contribution in [0.25, 0.3) is 0 Å². The van der Waals surface area contributed by atoms with Crippen molar-refractivity contribution in [1.29, 1.82) is 0 Å². The first kappa shape index (κ1) is 25.1. The van der Waals surface area contributed by atoms with Crippen molar-refractivity contribution >= 4 is 29.9 Å². The first-order valence-electron chi connectivity index (χ1n) is 10.2. The fraction of sp³-hybridized carbons (Fsp3) is 0.667. The largest absolute Gasteiger partial charge is 0.379 e. The topological polar surface area (TPSA) is 58.1 Å². The summed E-state index contributed by atoms with van der Waals surface area (Å²) in [5, 5.41) is 6.81. The number of nitrogens with one attached hydrogen (secondary N) is 2. The average molecular weight is 504 g/mol. The standard InChI is InChI=1S/C21H36N4O2.HI/c1-3-26-14-15-27-18-20-9-7-8-19(16-20)17-24-21(22-2)23-10-13-25-11-5-4-6-12-25;/h7-9,16H,3-6,10-15,17-18H2,1-2H3,(H2,22,23,24);1H. The SMILES string of the molecule is CCOCCOCc1cccc(CNC(=NC)NCCN2CCCCC2)c1.I. The monoisotopic (exact) mass is 504 g/mol. The predicted octanol–water partition coefficient (Wildman–Crippen LogP) is 3.01. The van der Waals surface area contributed by atoms with Gasteiger partial charge >= 0.3 is 0 Å². The second-order valence-electron chi connectivity index (χ2n) is 6.82. The first-order chi connectivity index (χ1) is 13.3. The molecule has 0 amide bonds. The van der Waals surface area contributed by atoms with E-state index in [2.05, 4.69) is 44.8 Å². The van der Waals surface area contributed by atoms with Gasteiger partial charge in [-0.3, -0.25) is 4.99 Å². The Hall–Kier alpha value is -0.900. The number of aliphatic imine (C=N–C) groups is 1. The molecule has 1 aromatic carbocycles. The molecular formula is C21H37IN4O2. The van der Waals surface area contributed by atoms with E-state index < -0.39 is 0 Å². The number of guanidine groups is 1. The minimum Gasteiger partial charge on any atom is -0.379 e. The molecule has 1 aliphatic rings. The summed E-state index contributed by atoms with van der Waals surface area (Å²) in [5.41, 5.74) is 2.40. The highest BCUT2D eigenvalue weighted by atomic mass is 127. The molecule has 0 unspecified atom stereocenters. The maximum atomic E-state index is 5.65. The van der Waals surface area contributed by atoms with Crippen molar-refractivity contribution < 1.29 is 9.47 Å². The Morgan fingerprint density at radius 2 is 1.82 bits per heavy atom. The van der Waals surface area contributed by atoms with Gasteiger partial charge in [-0.15, -0.1) is 24.0 Å². The highest BCUT2D eigenvalue weighted by Crippen LogP contribution is 2.08. The molecule has 1 aliphatic heterocycles. The van der Waals surface area contributed by atoms with E-state index in [1.807, 2.05) is 14.0 Å². The molecule has 1 fully saturated rings. The van der Waals surface area contributed by atoms with Crippen LogP contribution in [0.1, 0.15) is 37.3 Å². The summed E-state index contributed by atoms with van der Waals surface area (Å²) in [6.07, 6.45) is 4.04. The summed E-state index contributed by atoms with van der Waals surface area (Å²) >= 11 is 0. The van der Waals surface area contributed by atoms with Crippen LogP contribution in [0.15, 0.2) is 29.3 Å². The molecule has 7 heteroatoms. The van der Waals surface area contributed by atoms with Crippen LogP contribution in [0.4, 0.5) is 0 Å². The van der Waals surface area contributed by atoms with E-state index in [1.54, 1.807) is 0 Å². The Balaban J connectivity index is 0.00000392. The van der Waals surface area contributed by atoms with Gasteiger partial charge < -0.3 is 25.0 Å². The highest BCUT2D eigenvalue weighted by Gasteiger charge is 2.09. The van der Waals surface area contributed by atoms with E-state index in [0.717, 1.165) is 32.2 Å². The minimum atomic E-state index is 0. The molecule has 0 aliphatic carbocycles. The van der Waals surface area contributed by atoms with E-state index in [9.17, 15) is 0 Å². The predicted molar refractivity (Wildman–Crippen MR) is 126 cm³/mol. The number of hydrogen-bond acceptors (Lipinski definition) is 4. The van der Waals surface area contributed by atoms with E-state index in [-0.39, 0.29) is 24.0 Å². The number of benzene rings is 1. The number of ether oxygens (including phenoxy) is 2. The maximum absolute atomic E-state index is 5.65. The number of rotatable bonds is 11. The molecule has 1 heterocycles. The van der Waals surface area contributed by atoms with Gasteiger partial charge in [0, 0.05) is 33.3 Å². The van der Waals surface area contributed by atoms with Crippen LogP contribution in [0, 0.1) is 0 Å².